The van der Waals surface area contributed by atoms with E-state index >= 15 is 0 Å². The fourth-order valence-electron chi connectivity index (χ4n) is 1.63. The number of carboxylic acids is 1. The topological polar surface area (TPSA) is 50.2 Å². The molecular weight excluding hydrogens is 270 g/mol. The molecule has 1 heterocycles. The maximum atomic E-state index is 10.9. The number of aromatic carboxylic acids is 1. The van der Waals surface area contributed by atoms with Crippen molar-refractivity contribution in [1.82, 2.24) is 4.98 Å². The highest BCUT2D eigenvalue weighted by atomic mass is 79.9. The van der Waals surface area contributed by atoms with E-state index in [2.05, 4.69) is 20.9 Å². The summed E-state index contributed by atoms with van der Waals surface area (Å²) in [6, 6.07) is 5.45. The molecule has 4 heteroatoms. The maximum absolute atomic E-state index is 10.9. The van der Waals surface area contributed by atoms with Crippen LogP contribution in [-0.4, -0.2) is 16.1 Å². The van der Waals surface area contributed by atoms with Crippen LogP contribution >= 0.6 is 15.9 Å². The third kappa shape index (κ3) is 1.80. The standard InChI is InChI=1S/C12H10BrNO2/c1-6-4-11(12(15)16)14-10-5-9(13)7(2)3-8(6)10/h3-5H,1-2H3,(H,15,16). The second kappa shape index (κ2) is 3.87. The molecule has 0 aliphatic heterocycles. The van der Waals surface area contributed by atoms with Crippen molar-refractivity contribution < 1.29 is 9.90 Å². The van der Waals surface area contributed by atoms with Crippen LogP contribution in [0.4, 0.5) is 0 Å². The number of carboxylic acid groups (broad SMARTS) is 1. The number of halogens is 1. The monoisotopic (exact) mass is 279 g/mol. The highest BCUT2D eigenvalue weighted by Gasteiger charge is 2.09. The summed E-state index contributed by atoms with van der Waals surface area (Å²) in [6.45, 7) is 3.89. The van der Waals surface area contributed by atoms with Crippen molar-refractivity contribution in [2.45, 2.75) is 13.8 Å². The molecule has 2 aromatic rings. The summed E-state index contributed by atoms with van der Waals surface area (Å²) in [5, 5.41) is 9.91. The van der Waals surface area contributed by atoms with Gasteiger partial charge in [0.1, 0.15) is 5.69 Å². The first-order chi connectivity index (χ1) is 7.49. The summed E-state index contributed by atoms with van der Waals surface area (Å²) < 4.78 is 0.939. The predicted octanol–water partition coefficient (Wildman–Crippen LogP) is 3.31. The molecule has 0 saturated carbocycles. The van der Waals surface area contributed by atoms with Crippen molar-refractivity contribution in [3.63, 3.8) is 0 Å². The van der Waals surface area contributed by atoms with Gasteiger partial charge in [0.05, 0.1) is 5.52 Å². The lowest BCUT2D eigenvalue weighted by Gasteiger charge is -2.06. The molecule has 1 aromatic heterocycles. The van der Waals surface area contributed by atoms with Gasteiger partial charge in [-0.2, -0.15) is 0 Å². The van der Waals surface area contributed by atoms with E-state index in [0.717, 1.165) is 21.0 Å². The Balaban J connectivity index is 2.82. The Morgan fingerprint density at radius 2 is 1.94 bits per heavy atom. The number of fused-ring (bicyclic) bond motifs is 1. The number of aromatic nitrogens is 1. The van der Waals surface area contributed by atoms with Gasteiger partial charge in [-0.25, -0.2) is 9.78 Å². The molecular formula is C12H10BrNO2. The van der Waals surface area contributed by atoms with Gasteiger partial charge in [0, 0.05) is 9.86 Å². The first kappa shape index (κ1) is 11.1. The van der Waals surface area contributed by atoms with Crippen LogP contribution in [0, 0.1) is 13.8 Å². The zero-order chi connectivity index (χ0) is 11.9. The molecule has 1 aromatic carbocycles. The van der Waals surface area contributed by atoms with Gasteiger partial charge < -0.3 is 5.11 Å². The van der Waals surface area contributed by atoms with Crippen LogP contribution < -0.4 is 0 Å². The molecule has 0 aliphatic carbocycles. The molecule has 0 spiro atoms. The van der Waals surface area contributed by atoms with E-state index in [-0.39, 0.29) is 5.69 Å². The average Bonchev–Trinajstić information content (AvgIpc) is 2.20. The predicted molar refractivity (Wildman–Crippen MR) is 65.9 cm³/mol. The van der Waals surface area contributed by atoms with Crippen LogP contribution in [0.3, 0.4) is 0 Å². The fourth-order valence-corrected chi connectivity index (χ4v) is 1.97. The third-order valence-electron chi connectivity index (χ3n) is 2.52. The lowest BCUT2D eigenvalue weighted by molar-refractivity contribution is 0.0691. The molecule has 0 unspecified atom stereocenters. The van der Waals surface area contributed by atoms with Gasteiger partial charge >= 0.3 is 5.97 Å². The second-order valence-electron chi connectivity index (χ2n) is 3.75. The lowest BCUT2D eigenvalue weighted by Crippen LogP contribution is -2.01. The molecule has 0 atom stereocenters. The van der Waals surface area contributed by atoms with E-state index in [9.17, 15) is 4.79 Å². The van der Waals surface area contributed by atoms with Gasteiger partial charge in [-0.15, -0.1) is 0 Å². The molecule has 3 nitrogen and oxygen atoms in total. The Morgan fingerprint density at radius 3 is 2.56 bits per heavy atom. The lowest BCUT2D eigenvalue weighted by atomic mass is 10.1. The largest absolute Gasteiger partial charge is 0.477 e. The molecule has 0 bridgehead atoms. The van der Waals surface area contributed by atoms with E-state index in [1.165, 1.54) is 0 Å². The van der Waals surface area contributed by atoms with E-state index in [1.807, 2.05) is 26.0 Å². The normalized spacial score (nSPS) is 10.7. The van der Waals surface area contributed by atoms with Crippen LogP contribution in [0.1, 0.15) is 21.6 Å². The van der Waals surface area contributed by atoms with Gasteiger partial charge in [-0.05, 0) is 43.2 Å². The SMILES string of the molecule is Cc1cc2c(C)cc(C(=O)O)nc2cc1Br. The van der Waals surface area contributed by atoms with Gasteiger partial charge in [0.15, 0.2) is 0 Å². The van der Waals surface area contributed by atoms with E-state index in [1.54, 1.807) is 6.07 Å². The molecule has 0 amide bonds. The summed E-state index contributed by atoms with van der Waals surface area (Å²) in [4.78, 5) is 15.0. The zero-order valence-corrected chi connectivity index (χ0v) is 10.5. The van der Waals surface area contributed by atoms with Crippen molar-refractivity contribution in [2.24, 2.45) is 0 Å². The molecule has 0 radical (unpaired) electrons. The Morgan fingerprint density at radius 1 is 1.25 bits per heavy atom. The van der Waals surface area contributed by atoms with Crippen LogP contribution in [-0.2, 0) is 0 Å². The summed E-state index contributed by atoms with van der Waals surface area (Å²) in [5.41, 5.74) is 2.83. The molecule has 0 saturated heterocycles. The van der Waals surface area contributed by atoms with Crippen molar-refractivity contribution in [1.29, 1.82) is 0 Å². The van der Waals surface area contributed by atoms with Crippen molar-refractivity contribution in [3.05, 3.63) is 39.5 Å². The maximum Gasteiger partial charge on any atom is 0.354 e. The highest BCUT2D eigenvalue weighted by Crippen LogP contribution is 2.25. The van der Waals surface area contributed by atoms with E-state index < -0.39 is 5.97 Å². The summed E-state index contributed by atoms with van der Waals surface area (Å²) in [6.07, 6.45) is 0. The number of hydrogen-bond donors (Lipinski definition) is 1. The van der Waals surface area contributed by atoms with Crippen LogP contribution in [0.2, 0.25) is 0 Å². The van der Waals surface area contributed by atoms with E-state index in [0.29, 0.717) is 5.52 Å². The Kier molecular flexibility index (Phi) is 2.68. The second-order valence-corrected chi connectivity index (χ2v) is 4.60. The molecule has 2 rings (SSSR count). The fraction of sp³-hybridized carbons (Fsp3) is 0.167. The minimum absolute atomic E-state index is 0.0840. The number of aryl methyl sites for hydroxylation is 2. The van der Waals surface area contributed by atoms with Crippen LogP contribution in [0.15, 0.2) is 22.7 Å². The number of nitrogens with zero attached hydrogens (tertiary/aromatic N) is 1. The van der Waals surface area contributed by atoms with Gasteiger partial charge in [-0.3, -0.25) is 0 Å². The number of pyridine rings is 1. The zero-order valence-electron chi connectivity index (χ0n) is 8.91. The number of carbonyl (C=O) groups is 1. The Bertz CT molecular complexity index is 593. The minimum atomic E-state index is -0.998. The third-order valence-corrected chi connectivity index (χ3v) is 3.37. The number of hydrogen-bond acceptors (Lipinski definition) is 2. The van der Waals surface area contributed by atoms with Gasteiger partial charge in [0.25, 0.3) is 0 Å². The Labute approximate surface area is 101 Å². The molecule has 16 heavy (non-hydrogen) atoms. The van der Waals surface area contributed by atoms with Crippen LogP contribution in [0.5, 0.6) is 0 Å². The minimum Gasteiger partial charge on any atom is -0.477 e. The molecule has 0 fully saturated rings. The molecule has 82 valence electrons. The van der Waals surface area contributed by atoms with Crippen molar-refractivity contribution >= 4 is 32.8 Å². The van der Waals surface area contributed by atoms with Gasteiger partial charge in [-0.1, -0.05) is 15.9 Å². The average molecular weight is 280 g/mol. The van der Waals surface area contributed by atoms with Crippen molar-refractivity contribution in [3.8, 4) is 0 Å². The summed E-state index contributed by atoms with van der Waals surface area (Å²) in [5.74, 6) is -0.998. The van der Waals surface area contributed by atoms with Crippen LogP contribution in [0.25, 0.3) is 10.9 Å². The summed E-state index contributed by atoms with van der Waals surface area (Å²) >= 11 is 3.42. The molecule has 1 N–H and O–H groups in total. The number of rotatable bonds is 1. The number of benzene rings is 1. The Hall–Kier alpha value is -1.42. The first-order valence-electron chi connectivity index (χ1n) is 4.80. The smallest absolute Gasteiger partial charge is 0.354 e. The quantitative estimate of drug-likeness (QED) is 0.871. The van der Waals surface area contributed by atoms with E-state index in [4.69, 9.17) is 5.11 Å². The highest BCUT2D eigenvalue weighted by molar-refractivity contribution is 9.10. The first-order valence-corrected chi connectivity index (χ1v) is 5.59. The summed E-state index contributed by atoms with van der Waals surface area (Å²) in [7, 11) is 0. The van der Waals surface area contributed by atoms with Gasteiger partial charge in [0.2, 0.25) is 0 Å². The van der Waals surface area contributed by atoms with Crippen molar-refractivity contribution in [2.75, 3.05) is 0 Å². The molecule has 0 aliphatic rings.